The van der Waals surface area contributed by atoms with Crippen molar-refractivity contribution in [1.29, 1.82) is 0 Å². The molecule has 0 aromatic rings. The fourth-order valence-electron chi connectivity index (χ4n) is 0.748. The summed E-state index contributed by atoms with van der Waals surface area (Å²) in [6.07, 6.45) is 0. The molecule has 0 amide bonds. The fourth-order valence-corrected chi connectivity index (χ4v) is 6.15. The van der Waals surface area contributed by atoms with E-state index in [9.17, 15) is 0 Å². The van der Waals surface area contributed by atoms with E-state index in [0.29, 0.717) is 0 Å². The van der Waals surface area contributed by atoms with Gasteiger partial charge in [-0.1, -0.05) is 0 Å². The summed E-state index contributed by atoms with van der Waals surface area (Å²) in [6.45, 7) is 4.34. The van der Waals surface area contributed by atoms with Crippen molar-refractivity contribution in [3.63, 3.8) is 0 Å². The highest BCUT2D eigenvalue weighted by Gasteiger charge is 2.27. The molecule has 68 valence electrons. The average Bonchev–Trinajstić information content (AvgIpc) is 2.00. The average molecular weight is 194 g/mol. The lowest BCUT2D eigenvalue weighted by Crippen LogP contribution is -2.37. The molecule has 0 aromatic carbocycles. The van der Waals surface area contributed by atoms with Crippen molar-refractivity contribution in [2.24, 2.45) is 0 Å². The van der Waals surface area contributed by atoms with Crippen LogP contribution in [0.4, 0.5) is 0 Å². The fraction of sp³-hybridized carbons (Fsp3) is 1.00. The van der Waals surface area contributed by atoms with Gasteiger partial charge in [0.25, 0.3) is 0 Å². The summed E-state index contributed by atoms with van der Waals surface area (Å²) in [5.41, 5.74) is 1.01. The van der Waals surface area contributed by atoms with Gasteiger partial charge >= 0.3 is 9.28 Å². The highest BCUT2D eigenvalue weighted by atomic mass is 28.4. The summed E-state index contributed by atoms with van der Waals surface area (Å²) in [6, 6.07) is 0. The van der Waals surface area contributed by atoms with E-state index in [0.717, 1.165) is 5.67 Å². The Labute approximate surface area is 71.6 Å². The molecule has 0 heterocycles. The molecule has 5 heteroatoms. The van der Waals surface area contributed by atoms with Crippen LogP contribution in [0, 0.1) is 0 Å². The minimum atomic E-state index is -1.47. The second kappa shape index (κ2) is 5.05. The molecule has 0 atom stereocenters. The number of hydrogen-bond donors (Lipinski definition) is 0. The molecule has 0 N–H and O–H groups in total. The van der Waals surface area contributed by atoms with Crippen LogP contribution in [0.25, 0.3) is 0 Å². The molecule has 0 aliphatic carbocycles. The van der Waals surface area contributed by atoms with E-state index in [2.05, 4.69) is 13.1 Å². The Morgan fingerprint density at radius 3 is 1.82 bits per heavy atom. The van der Waals surface area contributed by atoms with E-state index in [-0.39, 0.29) is 0 Å². The molecule has 0 aliphatic heterocycles. The van der Waals surface area contributed by atoms with Gasteiger partial charge in [-0.25, -0.2) is 0 Å². The van der Waals surface area contributed by atoms with E-state index < -0.39 is 17.6 Å². The Bertz CT molecular complexity index is 104. The summed E-state index contributed by atoms with van der Waals surface area (Å²) in [7, 11) is 2.32. The molecule has 0 unspecified atom stereocenters. The second-order valence-corrected chi connectivity index (χ2v) is 10.4. The van der Waals surface area contributed by atoms with Crippen molar-refractivity contribution in [2.75, 3.05) is 21.3 Å². The van der Waals surface area contributed by atoms with Crippen molar-refractivity contribution in [1.82, 2.24) is 0 Å². The van der Waals surface area contributed by atoms with Crippen LogP contribution in [0.15, 0.2) is 0 Å². The number of rotatable bonds is 5. The molecule has 0 bridgehead atoms. The van der Waals surface area contributed by atoms with Gasteiger partial charge in [-0.15, -0.1) is 0 Å². The molecular formula is C6H18O3Si2. The first-order valence-corrected chi connectivity index (χ1v) is 8.54. The monoisotopic (exact) mass is 194 g/mol. The Balaban J connectivity index is 3.79. The first kappa shape index (κ1) is 11.3. The van der Waals surface area contributed by atoms with Crippen molar-refractivity contribution in [2.45, 2.75) is 18.8 Å². The molecule has 3 nitrogen and oxygen atoms in total. The minimum absolute atomic E-state index is 1.01. The standard InChI is InChI=1S/C6H18O3Si2/c1-7-10(8-2)6-11(4,5)9-3/h10H,6H2,1-5H3. The Kier molecular flexibility index (Phi) is 5.19. The van der Waals surface area contributed by atoms with Crippen LogP contribution >= 0.6 is 0 Å². The summed E-state index contributed by atoms with van der Waals surface area (Å²) in [5.74, 6) is 0. The van der Waals surface area contributed by atoms with Crippen LogP contribution in [0.3, 0.4) is 0 Å². The maximum Gasteiger partial charge on any atom is 0.320 e. The first-order chi connectivity index (χ1) is 5.05. The summed E-state index contributed by atoms with van der Waals surface area (Å²) < 4.78 is 15.8. The van der Waals surface area contributed by atoms with Crippen molar-refractivity contribution < 1.29 is 13.3 Å². The van der Waals surface area contributed by atoms with E-state index in [4.69, 9.17) is 13.3 Å². The van der Waals surface area contributed by atoms with Gasteiger partial charge < -0.3 is 13.3 Å². The van der Waals surface area contributed by atoms with E-state index >= 15 is 0 Å². The highest BCUT2D eigenvalue weighted by molar-refractivity contribution is 6.80. The maximum absolute atomic E-state index is 5.39. The van der Waals surface area contributed by atoms with Gasteiger partial charge in [0.15, 0.2) is 8.32 Å². The topological polar surface area (TPSA) is 27.7 Å². The summed E-state index contributed by atoms with van der Waals surface area (Å²) in [4.78, 5) is 0. The summed E-state index contributed by atoms with van der Waals surface area (Å²) in [5, 5.41) is 0. The lowest BCUT2D eigenvalue weighted by atomic mass is 11.8. The van der Waals surface area contributed by atoms with Crippen LogP contribution in [0.2, 0.25) is 18.8 Å². The molecule has 0 saturated heterocycles. The number of hydrogen-bond acceptors (Lipinski definition) is 3. The van der Waals surface area contributed by atoms with Gasteiger partial charge in [-0.3, -0.25) is 0 Å². The van der Waals surface area contributed by atoms with Crippen molar-refractivity contribution in [3.8, 4) is 0 Å². The van der Waals surface area contributed by atoms with E-state index in [1.54, 1.807) is 21.3 Å². The van der Waals surface area contributed by atoms with Crippen LogP contribution in [-0.4, -0.2) is 38.9 Å². The van der Waals surface area contributed by atoms with E-state index in [1.165, 1.54) is 0 Å². The molecule has 0 fully saturated rings. The van der Waals surface area contributed by atoms with Crippen LogP contribution < -0.4 is 0 Å². The van der Waals surface area contributed by atoms with Crippen molar-refractivity contribution >= 4 is 17.6 Å². The lowest BCUT2D eigenvalue weighted by Gasteiger charge is -2.22. The Morgan fingerprint density at radius 2 is 1.55 bits per heavy atom. The van der Waals surface area contributed by atoms with Crippen LogP contribution in [0.1, 0.15) is 0 Å². The zero-order valence-electron chi connectivity index (χ0n) is 8.01. The van der Waals surface area contributed by atoms with Crippen molar-refractivity contribution in [3.05, 3.63) is 0 Å². The lowest BCUT2D eigenvalue weighted by molar-refractivity contribution is 0.279. The first-order valence-electron chi connectivity index (χ1n) is 3.66. The molecule has 0 aliphatic rings. The van der Waals surface area contributed by atoms with Gasteiger partial charge in [0.2, 0.25) is 0 Å². The van der Waals surface area contributed by atoms with Crippen LogP contribution in [0.5, 0.6) is 0 Å². The SMILES string of the molecule is CO[SiH](C[Si](C)(C)OC)OC. The highest BCUT2D eigenvalue weighted by Crippen LogP contribution is 2.12. The van der Waals surface area contributed by atoms with Gasteiger partial charge in [0.05, 0.1) is 0 Å². The third-order valence-electron chi connectivity index (χ3n) is 1.74. The van der Waals surface area contributed by atoms with Gasteiger partial charge in [0, 0.05) is 27.0 Å². The smallest absolute Gasteiger partial charge is 0.320 e. The molecule has 0 radical (unpaired) electrons. The molecular weight excluding hydrogens is 176 g/mol. The van der Waals surface area contributed by atoms with Gasteiger partial charge in [-0.2, -0.15) is 0 Å². The normalized spacial score (nSPS) is 12.5. The third kappa shape index (κ3) is 4.70. The quantitative estimate of drug-likeness (QED) is 0.608. The zero-order chi connectivity index (χ0) is 8.91. The van der Waals surface area contributed by atoms with Gasteiger partial charge in [0.1, 0.15) is 0 Å². The molecule has 0 rings (SSSR count). The van der Waals surface area contributed by atoms with Crippen LogP contribution in [-0.2, 0) is 13.3 Å². The predicted octanol–water partition coefficient (Wildman–Crippen LogP) is 0.890. The molecule has 0 saturated carbocycles. The Hall–Kier alpha value is 0.314. The largest absolute Gasteiger partial charge is 0.421 e. The Morgan fingerprint density at radius 1 is 1.09 bits per heavy atom. The van der Waals surface area contributed by atoms with Gasteiger partial charge in [-0.05, 0) is 13.1 Å². The maximum atomic E-state index is 5.39. The van der Waals surface area contributed by atoms with E-state index in [1.807, 2.05) is 0 Å². The zero-order valence-corrected chi connectivity index (χ0v) is 10.2. The minimum Gasteiger partial charge on any atom is -0.421 e. The summed E-state index contributed by atoms with van der Waals surface area (Å²) >= 11 is 0. The third-order valence-corrected chi connectivity index (χ3v) is 9.16. The molecule has 0 aromatic heterocycles. The predicted molar refractivity (Wildman–Crippen MR) is 50.5 cm³/mol. The molecule has 11 heavy (non-hydrogen) atoms. The second-order valence-electron chi connectivity index (χ2n) is 3.07. The molecule has 0 spiro atoms.